The number of imidazole rings is 1. The maximum atomic E-state index is 13.9. The van der Waals surface area contributed by atoms with Crippen LogP contribution >= 0.6 is 0 Å². The minimum Gasteiger partial charge on any atom is -0.328 e. The Bertz CT molecular complexity index is 1350. The molecule has 4 rings (SSSR count). The van der Waals surface area contributed by atoms with Crippen LogP contribution in [0.15, 0.2) is 71.6 Å². The third kappa shape index (κ3) is 4.65. The molecule has 1 N–H and O–H groups in total. The van der Waals surface area contributed by atoms with Crippen LogP contribution in [-0.2, 0) is 29.4 Å². The van der Waals surface area contributed by atoms with Gasteiger partial charge in [0.15, 0.2) is 0 Å². The summed E-state index contributed by atoms with van der Waals surface area (Å²) in [5.41, 5.74) is 3.43. The summed E-state index contributed by atoms with van der Waals surface area (Å²) in [7, 11) is -4.16. The van der Waals surface area contributed by atoms with Crippen LogP contribution in [0.5, 0.6) is 0 Å². The Kier molecular flexibility index (Phi) is 6.23. The molecule has 0 spiro atoms. The van der Waals surface area contributed by atoms with Gasteiger partial charge in [-0.15, -0.1) is 0 Å². The lowest BCUT2D eigenvalue weighted by atomic mass is 10.1. The summed E-state index contributed by atoms with van der Waals surface area (Å²) in [6, 6.07) is 17.3. The lowest BCUT2D eigenvalue weighted by Crippen LogP contribution is -2.14. The molecule has 0 saturated heterocycles. The van der Waals surface area contributed by atoms with E-state index in [1.807, 2.05) is 30.3 Å². The van der Waals surface area contributed by atoms with E-state index in [1.54, 1.807) is 12.1 Å². The van der Waals surface area contributed by atoms with Gasteiger partial charge >= 0.3 is 0 Å². The molecular weight excluding hydrogens is 432 g/mol. The summed E-state index contributed by atoms with van der Waals surface area (Å²) in [4.78, 5) is 4.17. The number of sulfonamides is 1. The maximum absolute atomic E-state index is 13.9. The Balaban J connectivity index is 1.47. The number of fused-ring (bicyclic) bond motifs is 1. The van der Waals surface area contributed by atoms with Crippen LogP contribution in [-0.4, -0.2) is 18.0 Å². The van der Waals surface area contributed by atoms with E-state index in [4.69, 9.17) is 4.98 Å². The zero-order valence-corrected chi connectivity index (χ0v) is 18.4. The first-order valence-corrected chi connectivity index (χ1v) is 11.9. The van der Waals surface area contributed by atoms with E-state index in [9.17, 15) is 17.2 Å². The van der Waals surface area contributed by atoms with Crippen molar-refractivity contribution in [2.75, 3.05) is 4.72 Å². The van der Waals surface area contributed by atoms with E-state index in [-0.39, 0.29) is 0 Å². The van der Waals surface area contributed by atoms with Gasteiger partial charge in [-0.2, -0.15) is 0 Å². The van der Waals surface area contributed by atoms with Crippen molar-refractivity contribution in [3.05, 3.63) is 89.8 Å². The zero-order chi connectivity index (χ0) is 22.7. The number of nitrogens with one attached hydrogen (secondary N) is 1. The molecule has 32 heavy (non-hydrogen) atoms. The average Bonchev–Trinajstić information content (AvgIpc) is 3.10. The smallest absolute Gasteiger partial charge is 0.264 e. The summed E-state index contributed by atoms with van der Waals surface area (Å²) < 4.78 is 56.4. The molecule has 0 atom stereocenters. The van der Waals surface area contributed by atoms with Crippen molar-refractivity contribution in [2.45, 2.75) is 37.6 Å². The van der Waals surface area contributed by atoms with Gasteiger partial charge in [0.1, 0.15) is 22.4 Å². The molecule has 0 amide bonds. The van der Waals surface area contributed by atoms with E-state index in [0.29, 0.717) is 11.8 Å². The van der Waals surface area contributed by atoms with Crippen LogP contribution in [0.25, 0.3) is 11.0 Å². The third-order valence-corrected chi connectivity index (χ3v) is 6.62. The Hall–Kier alpha value is -3.26. The zero-order valence-electron chi connectivity index (χ0n) is 17.6. The van der Waals surface area contributed by atoms with Gasteiger partial charge in [0.25, 0.3) is 10.0 Å². The molecule has 0 saturated carbocycles. The van der Waals surface area contributed by atoms with Crippen molar-refractivity contribution in [3.8, 4) is 0 Å². The molecule has 4 aromatic rings. The van der Waals surface area contributed by atoms with Crippen molar-refractivity contribution in [3.63, 3.8) is 0 Å². The number of nitrogens with zero attached hydrogens (tertiary/aromatic N) is 2. The summed E-state index contributed by atoms with van der Waals surface area (Å²) in [5, 5.41) is 0. The van der Waals surface area contributed by atoms with Gasteiger partial charge in [-0.05, 0) is 54.8 Å². The standard InChI is InChI=1S/C24H23F2N3O2S/c1-2-15-29-22-6-4-3-5-21(22)27-24(29)14-9-17-7-11-19(12-8-17)28-32(30,31)23-13-10-18(25)16-20(23)26/h3-8,10-13,16,28H,2,9,14-15H2,1H3. The highest BCUT2D eigenvalue weighted by molar-refractivity contribution is 7.92. The highest BCUT2D eigenvalue weighted by Gasteiger charge is 2.19. The van der Waals surface area contributed by atoms with Crippen LogP contribution in [0.2, 0.25) is 0 Å². The first kappa shape index (κ1) is 22.0. The fourth-order valence-electron chi connectivity index (χ4n) is 3.69. The highest BCUT2D eigenvalue weighted by Crippen LogP contribution is 2.21. The Morgan fingerprint density at radius 1 is 0.969 bits per heavy atom. The molecule has 0 radical (unpaired) electrons. The quantitative estimate of drug-likeness (QED) is 0.392. The summed E-state index contributed by atoms with van der Waals surface area (Å²) >= 11 is 0. The molecular formula is C24H23F2N3O2S. The number of hydrogen-bond acceptors (Lipinski definition) is 3. The number of para-hydroxylation sites is 2. The fourth-order valence-corrected chi connectivity index (χ4v) is 4.81. The second kappa shape index (κ2) is 9.08. The normalized spacial score (nSPS) is 11.7. The minimum absolute atomic E-state index is 0.302. The largest absolute Gasteiger partial charge is 0.328 e. The predicted octanol–water partition coefficient (Wildman–Crippen LogP) is 5.31. The SMILES string of the molecule is CCCn1c(CCc2ccc(NS(=O)(=O)c3ccc(F)cc3F)cc2)nc2ccccc21. The van der Waals surface area contributed by atoms with E-state index in [2.05, 4.69) is 22.3 Å². The molecule has 0 aliphatic rings. The number of rotatable bonds is 8. The number of aryl methyl sites for hydroxylation is 3. The molecule has 1 heterocycles. The van der Waals surface area contributed by atoms with Crippen molar-refractivity contribution in [1.29, 1.82) is 0 Å². The topological polar surface area (TPSA) is 64.0 Å². The molecule has 5 nitrogen and oxygen atoms in total. The summed E-state index contributed by atoms with van der Waals surface area (Å²) in [5.74, 6) is -0.952. The van der Waals surface area contributed by atoms with Gasteiger partial charge in [-0.1, -0.05) is 31.2 Å². The molecule has 166 valence electrons. The van der Waals surface area contributed by atoms with Crippen LogP contribution in [0.4, 0.5) is 14.5 Å². The monoisotopic (exact) mass is 455 g/mol. The minimum atomic E-state index is -4.16. The molecule has 0 aliphatic heterocycles. The second-order valence-corrected chi connectivity index (χ2v) is 9.20. The van der Waals surface area contributed by atoms with Gasteiger partial charge < -0.3 is 4.57 Å². The van der Waals surface area contributed by atoms with Crippen LogP contribution in [0.3, 0.4) is 0 Å². The number of aromatic nitrogens is 2. The number of hydrogen-bond donors (Lipinski definition) is 1. The van der Waals surface area contributed by atoms with E-state index < -0.39 is 26.6 Å². The summed E-state index contributed by atoms with van der Waals surface area (Å²) in [6.07, 6.45) is 2.50. The van der Waals surface area contributed by atoms with E-state index in [1.165, 1.54) is 0 Å². The van der Waals surface area contributed by atoms with Gasteiger partial charge in [-0.3, -0.25) is 4.72 Å². The predicted molar refractivity (Wildman–Crippen MR) is 121 cm³/mol. The van der Waals surface area contributed by atoms with E-state index in [0.717, 1.165) is 60.4 Å². The Labute approximate surface area is 185 Å². The van der Waals surface area contributed by atoms with Gasteiger partial charge in [0.2, 0.25) is 0 Å². The van der Waals surface area contributed by atoms with Crippen LogP contribution < -0.4 is 4.72 Å². The van der Waals surface area contributed by atoms with Gasteiger partial charge in [-0.25, -0.2) is 22.2 Å². The molecule has 0 bridgehead atoms. The van der Waals surface area contributed by atoms with Crippen LogP contribution in [0, 0.1) is 11.6 Å². The fraction of sp³-hybridized carbons (Fsp3) is 0.208. The van der Waals surface area contributed by atoms with Gasteiger partial charge in [0.05, 0.1) is 11.0 Å². The van der Waals surface area contributed by atoms with Crippen molar-refractivity contribution < 1.29 is 17.2 Å². The Morgan fingerprint density at radius 2 is 1.72 bits per heavy atom. The van der Waals surface area contributed by atoms with Gasteiger partial charge in [0, 0.05) is 24.7 Å². The van der Waals surface area contributed by atoms with Crippen molar-refractivity contribution in [2.24, 2.45) is 0 Å². The second-order valence-electron chi connectivity index (χ2n) is 7.55. The number of halogens is 2. The molecule has 8 heteroatoms. The number of anilines is 1. The average molecular weight is 456 g/mol. The molecule has 0 aliphatic carbocycles. The van der Waals surface area contributed by atoms with Crippen molar-refractivity contribution in [1.82, 2.24) is 9.55 Å². The molecule has 3 aromatic carbocycles. The molecule has 0 unspecified atom stereocenters. The first-order valence-electron chi connectivity index (χ1n) is 10.4. The lowest BCUT2D eigenvalue weighted by molar-refractivity contribution is 0.551. The third-order valence-electron chi connectivity index (χ3n) is 5.21. The molecule has 0 fully saturated rings. The van der Waals surface area contributed by atoms with Crippen LogP contribution in [0.1, 0.15) is 24.7 Å². The lowest BCUT2D eigenvalue weighted by Gasteiger charge is -2.10. The highest BCUT2D eigenvalue weighted by atomic mass is 32.2. The maximum Gasteiger partial charge on any atom is 0.264 e. The van der Waals surface area contributed by atoms with E-state index >= 15 is 0 Å². The first-order chi connectivity index (χ1) is 15.4. The Morgan fingerprint density at radius 3 is 2.44 bits per heavy atom. The molecule has 1 aromatic heterocycles. The summed E-state index contributed by atoms with van der Waals surface area (Å²) in [6.45, 7) is 3.03. The van der Waals surface area contributed by atoms with Crippen molar-refractivity contribution >= 4 is 26.7 Å². The number of benzene rings is 3.